The fourth-order valence-electron chi connectivity index (χ4n) is 0.768. The third-order valence-electron chi connectivity index (χ3n) is 1.51. The molecule has 1 rings (SSSR count). The molecular formula is C7H12ClNO2. The number of ether oxygens (including phenoxy) is 1. The van der Waals surface area contributed by atoms with Crippen molar-refractivity contribution in [3.63, 3.8) is 0 Å². The van der Waals surface area contributed by atoms with Gasteiger partial charge in [0.1, 0.15) is 6.61 Å². The van der Waals surface area contributed by atoms with E-state index in [4.69, 9.17) is 16.3 Å². The molecule has 0 N–H and O–H groups in total. The summed E-state index contributed by atoms with van der Waals surface area (Å²) in [7, 11) is 0. The fourth-order valence-corrected chi connectivity index (χ4v) is 0.845. The second-order valence-corrected chi connectivity index (χ2v) is 2.88. The maximum atomic E-state index is 10.8. The van der Waals surface area contributed by atoms with Crippen LogP contribution in [0.2, 0.25) is 0 Å². The first kappa shape index (κ1) is 8.81. The molecule has 4 heteroatoms. The Hall–Kier alpha value is -0.280. The van der Waals surface area contributed by atoms with Gasteiger partial charge in [-0.2, -0.15) is 0 Å². The van der Waals surface area contributed by atoms with E-state index >= 15 is 0 Å². The summed E-state index contributed by atoms with van der Waals surface area (Å²) in [6.45, 7) is 3.42. The molecule has 0 aromatic carbocycles. The van der Waals surface area contributed by atoms with Crippen LogP contribution < -0.4 is 0 Å². The predicted molar refractivity (Wildman–Crippen MR) is 42.7 cm³/mol. The van der Waals surface area contributed by atoms with Gasteiger partial charge in [0.25, 0.3) is 0 Å². The number of rotatable bonds is 5. The molecule has 64 valence electrons. The van der Waals surface area contributed by atoms with Crippen molar-refractivity contribution in [3.05, 3.63) is 0 Å². The highest BCUT2D eigenvalue weighted by atomic mass is 35.5. The van der Waals surface area contributed by atoms with Crippen LogP contribution in [0.1, 0.15) is 6.42 Å². The second-order valence-electron chi connectivity index (χ2n) is 2.50. The van der Waals surface area contributed by atoms with Crippen LogP contribution in [0.15, 0.2) is 0 Å². The third-order valence-corrected chi connectivity index (χ3v) is 1.67. The lowest BCUT2D eigenvalue weighted by Gasteiger charge is -2.01. The standard InChI is InChI=1S/C7H12ClNO2/c8-2-6-11-7(10)1-3-9-4-5-9/h1-6H2. The van der Waals surface area contributed by atoms with E-state index in [1.165, 1.54) is 0 Å². The van der Waals surface area contributed by atoms with Crippen LogP contribution in [0.3, 0.4) is 0 Å². The normalized spacial score (nSPS) is 16.5. The van der Waals surface area contributed by atoms with Gasteiger partial charge in [0.05, 0.1) is 12.3 Å². The molecule has 0 bridgehead atoms. The van der Waals surface area contributed by atoms with Crippen LogP contribution in [0.4, 0.5) is 0 Å². The quantitative estimate of drug-likeness (QED) is 0.348. The Labute approximate surface area is 71.3 Å². The molecule has 1 saturated heterocycles. The van der Waals surface area contributed by atoms with Crippen LogP contribution in [0, 0.1) is 0 Å². The lowest BCUT2D eigenvalue weighted by Crippen LogP contribution is -2.11. The SMILES string of the molecule is O=C(CCN1CC1)OCCCl. The second kappa shape index (κ2) is 4.57. The lowest BCUT2D eigenvalue weighted by atomic mass is 10.4. The van der Waals surface area contributed by atoms with E-state index in [-0.39, 0.29) is 5.97 Å². The zero-order valence-electron chi connectivity index (χ0n) is 6.38. The Kier molecular flexibility index (Phi) is 3.66. The van der Waals surface area contributed by atoms with Crippen LogP contribution in [-0.4, -0.2) is 43.0 Å². The van der Waals surface area contributed by atoms with E-state index in [2.05, 4.69) is 4.90 Å². The van der Waals surface area contributed by atoms with Gasteiger partial charge in [-0.3, -0.25) is 4.79 Å². The number of esters is 1. The molecule has 0 spiro atoms. The summed E-state index contributed by atoms with van der Waals surface area (Å²) in [5.74, 6) is 0.243. The Morgan fingerprint density at radius 2 is 2.27 bits per heavy atom. The van der Waals surface area contributed by atoms with Crippen molar-refractivity contribution in [2.75, 3.05) is 32.1 Å². The summed E-state index contributed by atoms with van der Waals surface area (Å²) in [4.78, 5) is 13.0. The highest BCUT2D eigenvalue weighted by molar-refractivity contribution is 6.18. The molecule has 1 aliphatic rings. The maximum absolute atomic E-state index is 10.8. The largest absolute Gasteiger partial charge is 0.464 e. The zero-order valence-corrected chi connectivity index (χ0v) is 7.14. The van der Waals surface area contributed by atoms with Crippen molar-refractivity contribution >= 4 is 17.6 Å². The van der Waals surface area contributed by atoms with Crippen molar-refractivity contribution in [2.24, 2.45) is 0 Å². The van der Waals surface area contributed by atoms with Crippen LogP contribution in [-0.2, 0) is 9.53 Å². The minimum Gasteiger partial charge on any atom is -0.464 e. The van der Waals surface area contributed by atoms with E-state index in [9.17, 15) is 4.79 Å². The Morgan fingerprint density at radius 3 is 2.82 bits per heavy atom. The van der Waals surface area contributed by atoms with Gasteiger partial charge in [-0.25, -0.2) is 0 Å². The molecule has 11 heavy (non-hydrogen) atoms. The topological polar surface area (TPSA) is 29.3 Å². The molecule has 0 radical (unpaired) electrons. The average Bonchev–Trinajstić information content (AvgIpc) is 2.80. The number of hydrogen-bond donors (Lipinski definition) is 0. The molecule has 3 nitrogen and oxygen atoms in total. The van der Waals surface area contributed by atoms with E-state index in [1.54, 1.807) is 0 Å². The summed E-state index contributed by atoms with van der Waals surface area (Å²) in [6, 6.07) is 0. The maximum Gasteiger partial charge on any atom is 0.307 e. The van der Waals surface area contributed by atoms with Crippen molar-refractivity contribution in [2.45, 2.75) is 6.42 Å². The lowest BCUT2D eigenvalue weighted by molar-refractivity contribution is -0.143. The smallest absolute Gasteiger partial charge is 0.307 e. The van der Waals surface area contributed by atoms with Crippen molar-refractivity contribution < 1.29 is 9.53 Å². The van der Waals surface area contributed by atoms with Gasteiger partial charge in [0.15, 0.2) is 0 Å². The number of hydrogen-bond acceptors (Lipinski definition) is 3. The number of nitrogens with zero attached hydrogens (tertiary/aromatic N) is 1. The third kappa shape index (κ3) is 4.22. The molecule has 1 fully saturated rings. The Balaban J connectivity index is 1.91. The first-order valence-corrected chi connectivity index (χ1v) is 4.30. The van der Waals surface area contributed by atoms with E-state index in [1.807, 2.05) is 0 Å². The van der Waals surface area contributed by atoms with Gasteiger partial charge in [-0.05, 0) is 0 Å². The number of halogens is 1. The summed E-state index contributed by atoms with van der Waals surface area (Å²) in [5, 5.41) is 0. The number of carbonyl (C=O) groups excluding carboxylic acids is 1. The van der Waals surface area contributed by atoms with E-state index < -0.39 is 0 Å². The molecule has 1 aliphatic heterocycles. The summed E-state index contributed by atoms with van der Waals surface area (Å²) in [5.41, 5.74) is 0. The predicted octanol–water partition coefficient (Wildman–Crippen LogP) is 0.474. The Bertz CT molecular complexity index is 136. The number of carbonyl (C=O) groups is 1. The average molecular weight is 178 g/mol. The van der Waals surface area contributed by atoms with Crippen molar-refractivity contribution in [1.82, 2.24) is 4.90 Å². The van der Waals surface area contributed by atoms with Crippen LogP contribution in [0.25, 0.3) is 0 Å². The molecule has 1 heterocycles. The molecule has 0 aromatic rings. The van der Waals surface area contributed by atoms with E-state index in [0.29, 0.717) is 18.9 Å². The van der Waals surface area contributed by atoms with Crippen molar-refractivity contribution in [1.29, 1.82) is 0 Å². The molecule has 0 aliphatic carbocycles. The van der Waals surface area contributed by atoms with Gasteiger partial charge in [-0.15, -0.1) is 11.6 Å². The van der Waals surface area contributed by atoms with Crippen molar-refractivity contribution in [3.8, 4) is 0 Å². The first-order valence-electron chi connectivity index (χ1n) is 3.77. The van der Waals surface area contributed by atoms with Gasteiger partial charge >= 0.3 is 5.97 Å². The number of alkyl halides is 1. The monoisotopic (exact) mass is 177 g/mol. The van der Waals surface area contributed by atoms with Gasteiger partial charge in [-0.1, -0.05) is 0 Å². The summed E-state index contributed by atoms with van der Waals surface area (Å²) >= 11 is 5.33. The fraction of sp³-hybridized carbons (Fsp3) is 0.857. The van der Waals surface area contributed by atoms with Crippen LogP contribution in [0.5, 0.6) is 0 Å². The Morgan fingerprint density at radius 1 is 1.55 bits per heavy atom. The van der Waals surface area contributed by atoms with Crippen LogP contribution >= 0.6 is 11.6 Å². The first-order chi connectivity index (χ1) is 5.33. The molecular weight excluding hydrogens is 166 g/mol. The molecule has 0 unspecified atom stereocenters. The molecule has 0 aromatic heterocycles. The molecule has 0 atom stereocenters. The van der Waals surface area contributed by atoms with Gasteiger partial charge in [0.2, 0.25) is 0 Å². The summed E-state index contributed by atoms with van der Waals surface area (Å²) < 4.78 is 4.77. The summed E-state index contributed by atoms with van der Waals surface area (Å²) in [6.07, 6.45) is 0.497. The minimum atomic E-state index is -0.141. The van der Waals surface area contributed by atoms with Gasteiger partial charge in [0, 0.05) is 19.6 Å². The minimum absolute atomic E-state index is 0.141. The highest BCUT2D eigenvalue weighted by Crippen LogP contribution is 2.03. The van der Waals surface area contributed by atoms with Gasteiger partial charge < -0.3 is 9.64 Å². The molecule has 0 amide bonds. The zero-order chi connectivity index (χ0) is 8.10. The van der Waals surface area contributed by atoms with E-state index in [0.717, 1.165) is 19.6 Å². The molecule has 0 saturated carbocycles. The highest BCUT2D eigenvalue weighted by Gasteiger charge is 2.17.